The number of nitrogens with zero attached hydrogens (tertiary/aromatic N) is 5. The Morgan fingerprint density at radius 1 is 1.00 bits per heavy atom. The lowest BCUT2D eigenvalue weighted by Gasteiger charge is -2.33. The maximum atomic E-state index is 4.84. The lowest BCUT2D eigenvalue weighted by Crippen LogP contribution is -2.44. The van der Waals surface area contributed by atoms with Gasteiger partial charge in [0.25, 0.3) is 0 Å². The largest absolute Gasteiger partial charge is 0.368 e. The van der Waals surface area contributed by atoms with Gasteiger partial charge in [0.05, 0.1) is 52.1 Å². The van der Waals surface area contributed by atoms with E-state index in [1.165, 1.54) is 19.3 Å². The van der Waals surface area contributed by atoms with Crippen LogP contribution < -0.4 is 26.4 Å². The third kappa shape index (κ3) is 7.25. The summed E-state index contributed by atoms with van der Waals surface area (Å²) in [5, 5.41) is 7.38. The summed E-state index contributed by atoms with van der Waals surface area (Å²) in [6.07, 6.45) is 9.26. The van der Waals surface area contributed by atoms with Gasteiger partial charge in [-0.1, -0.05) is 52.3 Å². The molecule has 9 nitrogen and oxygen atoms in total. The van der Waals surface area contributed by atoms with Crippen LogP contribution in [0, 0.1) is 5.92 Å². The molecule has 0 spiro atoms. The molecule has 2 saturated heterocycles. The highest BCUT2D eigenvalue weighted by atomic mass is 32.2. The molecule has 0 aromatic carbocycles. The standard InChI is InChI=1S/C26H37N9S.C2H6/c1-4-6-18(5-2)25-32-33-26(36-25)31-24-8-7-22-23(30-24)14-20(16-28-22)29-19-13-21(17-27-15-19)35-11-9-34(3)10-12-35;1-2/h7-8,13-18,25-26,29,32-33H,4-6,9-12H2,1-3H3,(H,30,31);1-2H3. The third-order valence-electron chi connectivity index (χ3n) is 6.95. The number of aromatic nitrogens is 3. The Kier molecular flexibility index (Phi) is 10.4. The van der Waals surface area contributed by atoms with Crippen molar-refractivity contribution in [2.45, 2.75) is 57.8 Å². The summed E-state index contributed by atoms with van der Waals surface area (Å²) in [6.45, 7) is 12.7. The van der Waals surface area contributed by atoms with Crippen LogP contribution >= 0.6 is 11.8 Å². The average molecular weight is 538 g/mol. The molecule has 3 unspecified atom stereocenters. The fraction of sp³-hybridized carbons (Fsp3) is 0.536. The number of pyridine rings is 3. The Morgan fingerprint density at radius 3 is 2.55 bits per heavy atom. The fourth-order valence-electron chi connectivity index (χ4n) is 4.80. The molecular weight excluding hydrogens is 494 g/mol. The van der Waals surface area contributed by atoms with Crippen molar-refractivity contribution < 1.29 is 0 Å². The lowest BCUT2D eigenvalue weighted by atomic mass is 10.0. The predicted molar refractivity (Wildman–Crippen MR) is 162 cm³/mol. The summed E-state index contributed by atoms with van der Waals surface area (Å²) < 4.78 is 0. The lowest BCUT2D eigenvalue weighted by molar-refractivity contribution is 0.313. The highest BCUT2D eigenvalue weighted by Crippen LogP contribution is 2.31. The molecule has 0 aliphatic carbocycles. The predicted octanol–water partition coefficient (Wildman–Crippen LogP) is 5.24. The van der Waals surface area contributed by atoms with E-state index in [2.05, 4.69) is 68.2 Å². The van der Waals surface area contributed by atoms with E-state index >= 15 is 0 Å². The number of fused-ring (bicyclic) bond motifs is 1. The Labute approximate surface area is 231 Å². The molecule has 2 fully saturated rings. The minimum absolute atomic E-state index is 0.0727. The SMILES string of the molecule is CC.CCCC(CC)C1NNC(Nc2ccc3ncc(Nc4cncc(N5CCN(C)CC5)c4)cc3n2)S1. The van der Waals surface area contributed by atoms with Gasteiger partial charge in [-0.2, -0.15) is 0 Å². The Bertz CT molecular complexity index is 1150. The first-order valence-electron chi connectivity index (χ1n) is 14.0. The molecule has 4 N–H and O–H groups in total. The summed E-state index contributed by atoms with van der Waals surface area (Å²) in [5.74, 6) is 1.49. The van der Waals surface area contributed by atoms with E-state index in [0.717, 1.165) is 60.1 Å². The number of hydrogen-bond acceptors (Lipinski definition) is 10. The molecule has 5 rings (SSSR count). The van der Waals surface area contributed by atoms with E-state index < -0.39 is 0 Å². The zero-order valence-corrected chi connectivity index (χ0v) is 24.2. The van der Waals surface area contributed by atoms with Gasteiger partial charge in [0.1, 0.15) is 11.3 Å². The maximum absolute atomic E-state index is 4.84. The Morgan fingerprint density at radius 2 is 1.79 bits per heavy atom. The van der Waals surface area contributed by atoms with E-state index in [4.69, 9.17) is 4.98 Å². The van der Waals surface area contributed by atoms with Crippen molar-refractivity contribution in [1.82, 2.24) is 30.7 Å². The van der Waals surface area contributed by atoms with Gasteiger partial charge < -0.3 is 20.4 Å². The molecule has 38 heavy (non-hydrogen) atoms. The van der Waals surface area contributed by atoms with E-state index in [1.807, 2.05) is 62.4 Å². The highest BCUT2D eigenvalue weighted by molar-refractivity contribution is 8.00. The van der Waals surface area contributed by atoms with Gasteiger partial charge in [-0.05, 0) is 43.7 Å². The molecule has 0 amide bonds. The van der Waals surface area contributed by atoms with Gasteiger partial charge in [-0.3, -0.25) is 9.97 Å². The van der Waals surface area contributed by atoms with Crippen LogP contribution in [-0.2, 0) is 0 Å². The molecule has 5 heterocycles. The van der Waals surface area contributed by atoms with Crippen LogP contribution in [0.1, 0.15) is 47.0 Å². The summed E-state index contributed by atoms with van der Waals surface area (Å²) in [6, 6.07) is 8.20. The second-order valence-electron chi connectivity index (χ2n) is 9.63. The van der Waals surface area contributed by atoms with Crippen molar-refractivity contribution in [3.05, 3.63) is 42.9 Å². The normalized spacial score (nSPS) is 20.6. The van der Waals surface area contributed by atoms with Crippen LogP contribution in [0.4, 0.5) is 22.9 Å². The van der Waals surface area contributed by atoms with Gasteiger partial charge in [0.15, 0.2) is 0 Å². The molecule has 10 heteroatoms. The van der Waals surface area contributed by atoms with E-state index in [-0.39, 0.29) is 5.50 Å². The van der Waals surface area contributed by atoms with Crippen LogP contribution in [0.5, 0.6) is 0 Å². The molecule has 2 aliphatic heterocycles. The summed E-state index contributed by atoms with van der Waals surface area (Å²) in [5.41, 5.74) is 11.6. The Balaban J connectivity index is 0.00000164. The Hall–Kier alpha value is -2.66. The number of thioether (sulfide) groups is 1. The minimum Gasteiger partial charge on any atom is -0.368 e. The summed E-state index contributed by atoms with van der Waals surface area (Å²) >= 11 is 1.89. The van der Waals surface area contributed by atoms with Gasteiger partial charge in [-0.25, -0.2) is 15.8 Å². The first-order valence-corrected chi connectivity index (χ1v) is 14.9. The number of anilines is 4. The molecular formula is C28H43N9S. The topological polar surface area (TPSA) is 93.3 Å². The van der Waals surface area contributed by atoms with Crippen molar-refractivity contribution in [3.8, 4) is 0 Å². The zero-order valence-electron chi connectivity index (χ0n) is 23.4. The second-order valence-corrected chi connectivity index (χ2v) is 10.9. The third-order valence-corrected chi connectivity index (χ3v) is 8.25. The summed E-state index contributed by atoms with van der Waals surface area (Å²) in [7, 11) is 2.17. The molecule has 3 atom stereocenters. The molecule has 3 aromatic heterocycles. The number of hydrazine groups is 1. The van der Waals surface area contributed by atoms with E-state index in [9.17, 15) is 0 Å². The van der Waals surface area contributed by atoms with E-state index in [0.29, 0.717) is 11.3 Å². The van der Waals surface area contributed by atoms with Crippen LogP contribution in [0.25, 0.3) is 11.0 Å². The molecule has 206 valence electrons. The number of rotatable bonds is 9. The first kappa shape index (κ1) is 28.4. The van der Waals surface area contributed by atoms with Crippen molar-refractivity contribution in [3.63, 3.8) is 0 Å². The number of likely N-dealkylation sites (N-methyl/N-ethyl adjacent to an activating group) is 1. The molecule has 0 bridgehead atoms. The van der Waals surface area contributed by atoms with Crippen molar-refractivity contribution in [2.75, 3.05) is 48.8 Å². The second kappa shape index (κ2) is 13.9. The van der Waals surface area contributed by atoms with Crippen molar-refractivity contribution in [2.24, 2.45) is 5.92 Å². The molecule has 0 radical (unpaired) electrons. The zero-order chi connectivity index (χ0) is 26.9. The molecule has 2 aliphatic rings. The minimum atomic E-state index is 0.0727. The maximum Gasteiger partial charge on any atom is 0.141 e. The number of hydrogen-bond donors (Lipinski definition) is 4. The summed E-state index contributed by atoms with van der Waals surface area (Å²) in [4.78, 5) is 18.7. The van der Waals surface area contributed by atoms with Crippen molar-refractivity contribution >= 4 is 45.7 Å². The fourth-order valence-corrected chi connectivity index (χ4v) is 6.11. The quantitative estimate of drug-likeness (QED) is 0.290. The van der Waals surface area contributed by atoms with Crippen LogP contribution in [-0.4, -0.2) is 64.0 Å². The monoisotopic (exact) mass is 537 g/mol. The molecule has 0 saturated carbocycles. The van der Waals surface area contributed by atoms with Gasteiger partial charge in [0.2, 0.25) is 0 Å². The first-order chi connectivity index (χ1) is 18.6. The van der Waals surface area contributed by atoms with Crippen molar-refractivity contribution in [1.29, 1.82) is 0 Å². The van der Waals surface area contributed by atoms with Crippen LogP contribution in [0.3, 0.4) is 0 Å². The van der Waals surface area contributed by atoms with Gasteiger partial charge in [-0.15, -0.1) is 0 Å². The van der Waals surface area contributed by atoms with Crippen LogP contribution in [0.2, 0.25) is 0 Å². The average Bonchev–Trinajstić information content (AvgIpc) is 3.41. The van der Waals surface area contributed by atoms with E-state index in [1.54, 1.807) is 0 Å². The highest BCUT2D eigenvalue weighted by Gasteiger charge is 2.29. The number of piperazine rings is 1. The smallest absolute Gasteiger partial charge is 0.141 e. The molecule has 3 aromatic rings. The van der Waals surface area contributed by atoms with Gasteiger partial charge in [0, 0.05) is 26.2 Å². The number of nitrogens with one attached hydrogen (secondary N) is 4. The van der Waals surface area contributed by atoms with Gasteiger partial charge >= 0.3 is 0 Å². The van der Waals surface area contributed by atoms with Crippen LogP contribution in [0.15, 0.2) is 42.9 Å².